The van der Waals surface area contributed by atoms with Gasteiger partial charge in [0.2, 0.25) is 0 Å². The molecule has 0 radical (unpaired) electrons. The van der Waals surface area contributed by atoms with Crippen molar-refractivity contribution in [3.63, 3.8) is 0 Å². The maximum Gasteiger partial charge on any atom is 0.167 e. The summed E-state index contributed by atoms with van der Waals surface area (Å²) in [5.41, 5.74) is 8.35. The molecule has 0 saturated heterocycles. The molecule has 98 valence electrons. The summed E-state index contributed by atoms with van der Waals surface area (Å²) in [5.74, 6) is 0.514. The van der Waals surface area contributed by atoms with Gasteiger partial charge in [0.1, 0.15) is 5.75 Å². The zero-order valence-electron chi connectivity index (χ0n) is 10.6. The molecule has 0 atom stereocenters. The van der Waals surface area contributed by atoms with E-state index in [4.69, 9.17) is 22.1 Å². The van der Waals surface area contributed by atoms with Crippen molar-refractivity contribution in [2.75, 3.05) is 13.7 Å². The van der Waals surface area contributed by atoms with Crippen LogP contribution in [0, 0.1) is 0 Å². The van der Waals surface area contributed by atoms with Crippen LogP contribution in [0.25, 0.3) is 0 Å². The van der Waals surface area contributed by atoms with Crippen molar-refractivity contribution in [3.05, 3.63) is 27.8 Å². The minimum absolute atomic E-state index is 0.00428. The second kappa shape index (κ2) is 5.72. The highest BCUT2D eigenvalue weighted by Crippen LogP contribution is 2.38. The number of benzene rings is 1. The summed E-state index contributed by atoms with van der Waals surface area (Å²) in [5, 5.41) is 0.607. The first-order valence-electron chi connectivity index (χ1n) is 6.30. The van der Waals surface area contributed by atoms with Gasteiger partial charge in [-0.25, -0.2) is 0 Å². The van der Waals surface area contributed by atoms with Crippen molar-refractivity contribution in [1.82, 2.24) is 0 Å². The van der Waals surface area contributed by atoms with Crippen molar-refractivity contribution in [1.29, 1.82) is 0 Å². The summed E-state index contributed by atoms with van der Waals surface area (Å²) in [6, 6.07) is 1.94. The van der Waals surface area contributed by atoms with Crippen molar-refractivity contribution in [2.24, 2.45) is 5.73 Å². The zero-order chi connectivity index (χ0) is 13.1. The van der Waals surface area contributed by atoms with Crippen LogP contribution < -0.4 is 10.5 Å². The van der Waals surface area contributed by atoms with E-state index in [-0.39, 0.29) is 5.78 Å². The molecular formula is C14H18ClNO2. The van der Waals surface area contributed by atoms with Gasteiger partial charge < -0.3 is 10.5 Å². The highest BCUT2D eigenvalue weighted by atomic mass is 35.5. The van der Waals surface area contributed by atoms with Crippen molar-refractivity contribution in [3.8, 4) is 5.75 Å². The van der Waals surface area contributed by atoms with Gasteiger partial charge in [-0.3, -0.25) is 4.79 Å². The SMILES string of the molecule is COc1c(C(=O)CCN)cc2c(c1Cl)CCCC2. The molecule has 0 heterocycles. The predicted octanol–water partition coefficient (Wildman–Crippen LogP) is 2.76. The number of ether oxygens (including phenoxy) is 1. The third-order valence-corrected chi connectivity index (χ3v) is 3.81. The minimum Gasteiger partial charge on any atom is -0.494 e. The van der Waals surface area contributed by atoms with Crippen molar-refractivity contribution in [2.45, 2.75) is 32.1 Å². The molecule has 1 aliphatic carbocycles. The fraction of sp³-hybridized carbons (Fsp3) is 0.500. The Hall–Kier alpha value is -1.06. The van der Waals surface area contributed by atoms with Gasteiger partial charge in [0.05, 0.1) is 17.7 Å². The maximum absolute atomic E-state index is 12.0. The van der Waals surface area contributed by atoms with E-state index in [2.05, 4.69) is 0 Å². The number of nitrogens with two attached hydrogens (primary N) is 1. The van der Waals surface area contributed by atoms with Gasteiger partial charge in [-0.05, 0) is 49.4 Å². The number of fused-ring (bicyclic) bond motifs is 1. The van der Waals surface area contributed by atoms with Crippen LogP contribution in [0.5, 0.6) is 5.75 Å². The van der Waals surface area contributed by atoms with Crippen LogP contribution in [0.1, 0.15) is 40.7 Å². The molecular weight excluding hydrogens is 250 g/mol. The average molecular weight is 268 g/mol. The third kappa shape index (κ3) is 2.38. The molecule has 1 aromatic rings. The summed E-state index contributed by atoms with van der Waals surface area (Å²) in [4.78, 5) is 12.0. The van der Waals surface area contributed by atoms with E-state index in [0.717, 1.165) is 31.2 Å². The number of hydrogen-bond donors (Lipinski definition) is 1. The second-order valence-corrected chi connectivity index (χ2v) is 4.96. The molecule has 0 aliphatic heterocycles. The van der Waals surface area contributed by atoms with Crippen LogP contribution in [0.15, 0.2) is 6.07 Å². The number of rotatable bonds is 4. The van der Waals surface area contributed by atoms with Crippen molar-refractivity contribution >= 4 is 17.4 Å². The number of carbonyl (C=O) groups excluding carboxylic acids is 1. The van der Waals surface area contributed by atoms with Crippen LogP contribution in [0.2, 0.25) is 5.02 Å². The van der Waals surface area contributed by atoms with Crippen LogP contribution in [-0.2, 0) is 12.8 Å². The molecule has 0 saturated carbocycles. The lowest BCUT2D eigenvalue weighted by Gasteiger charge is -2.21. The Morgan fingerprint density at radius 3 is 2.83 bits per heavy atom. The first-order chi connectivity index (χ1) is 8.69. The predicted molar refractivity (Wildman–Crippen MR) is 72.6 cm³/mol. The lowest BCUT2D eigenvalue weighted by atomic mass is 9.88. The molecule has 0 fully saturated rings. The Bertz CT molecular complexity index is 471. The summed E-state index contributed by atoms with van der Waals surface area (Å²) in [6.45, 7) is 0.344. The number of hydrogen-bond acceptors (Lipinski definition) is 3. The molecule has 2 rings (SSSR count). The average Bonchev–Trinajstić information content (AvgIpc) is 2.39. The first kappa shape index (κ1) is 13.4. The van der Waals surface area contributed by atoms with E-state index in [9.17, 15) is 4.79 Å². The van der Waals surface area contributed by atoms with Gasteiger partial charge in [-0.1, -0.05) is 11.6 Å². The van der Waals surface area contributed by atoms with Gasteiger partial charge in [-0.15, -0.1) is 0 Å². The molecule has 1 aromatic carbocycles. The molecule has 0 bridgehead atoms. The highest BCUT2D eigenvalue weighted by molar-refractivity contribution is 6.33. The van der Waals surface area contributed by atoms with Gasteiger partial charge in [0.25, 0.3) is 0 Å². The molecule has 4 heteroatoms. The molecule has 2 N–H and O–H groups in total. The van der Waals surface area contributed by atoms with E-state index < -0.39 is 0 Å². The van der Waals surface area contributed by atoms with Crippen LogP contribution in [0.3, 0.4) is 0 Å². The third-order valence-electron chi connectivity index (χ3n) is 3.41. The maximum atomic E-state index is 12.0. The highest BCUT2D eigenvalue weighted by Gasteiger charge is 2.22. The molecule has 0 spiro atoms. The second-order valence-electron chi connectivity index (χ2n) is 4.58. The van der Waals surface area contributed by atoms with Crippen LogP contribution in [-0.4, -0.2) is 19.4 Å². The largest absolute Gasteiger partial charge is 0.494 e. The number of ketones is 1. The Morgan fingerprint density at radius 1 is 1.44 bits per heavy atom. The van der Waals surface area contributed by atoms with Gasteiger partial charge >= 0.3 is 0 Å². The lowest BCUT2D eigenvalue weighted by Crippen LogP contribution is -2.12. The molecule has 0 aromatic heterocycles. The lowest BCUT2D eigenvalue weighted by molar-refractivity contribution is 0.0982. The standard InChI is InChI=1S/C14H18ClNO2/c1-18-14-11(12(17)6-7-16)8-9-4-2-3-5-10(9)13(14)15/h8H,2-7,16H2,1H3. The van der Waals surface area contributed by atoms with Gasteiger partial charge in [0, 0.05) is 6.42 Å². The Balaban J connectivity index is 2.52. The fourth-order valence-electron chi connectivity index (χ4n) is 2.51. The van der Waals surface area contributed by atoms with Crippen LogP contribution in [0.4, 0.5) is 0 Å². The number of carbonyl (C=O) groups is 1. The molecule has 18 heavy (non-hydrogen) atoms. The van der Waals surface area contributed by atoms with E-state index in [1.807, 2.05) is 6.07 Å². The summed E-state index contributed by atoms with van der Waals surface area (Å²) in [6.07, 6.45) is 4.58. The van der Waals surface area contributed by atoms with Crippen molar-refractivity contribution < 1.29 is 9.53 Å². The zero-order valence-corrected chi connectivity index (χ0v) is 11.3. The Kier molecular flexibility index (Phi) is 4.25. The summed E-state index contributed by atoms with van der Waals surface area (Å²) in [7, 11) is 1.55. The van der Waals surface area contributed by atoms with Crippen LogP contribution >= 0.6 is 11.6 Å². The minimum atomic E-state index is 0.00428. The first-order valence-corrected chi connectivity index (χ1v) is 6.68. The van der Waals surface area contributed by atoms with E-state index in [0.29, 0.717) is 29.3 Å². The fourth-order valence-corrected chi connectivity index (χ4v) is 2.90. The number of halogens is 1. The monoisotopic (exact) mass is 267 g/mol. The summed E-state index contributed by atoms with van der Waals surface area (Å²) >= 11 is 6.37. The quantitative estimate of drug-likeness (QED) is 0.854. The van der Waals surface area contributed by atoms with Gasteiger partial charge in [-0.2, -0.15) is 0 Å². The molecule has 0 unspecified atom stereocenters. The molecule has 3 nitrogen and oxygen atoms in total. The Labute approximate surface area is 112 Å². The Morgan fingerprint density at radius 2 is 2.17 bits per heavy atom. The van der Waals surface area contributed by atoms with E-state index >= 15 is 0 Å². The number of Topliss-reactive ketones (excluding diaryl/α,β-unsaturated/α-hetero) is 1. The van der Waals surface area contributed by atoms with E-state index in [1.165, 1.54) is 5.56 Å². The number of methoxy groups -OCH3 is 1. The molecule has 1 aliphatic rings. The smallest absolute Gasteiger partial charge is 0.167 e. The normalized spacial score (nSPS) is 14.2. The molecule has 0 amide bonds. The topological polar surface area (TPSA) is 52.3 Å². The summed E-state index contributed by atoms with van der Waals surface area (Å²) < 4.78 is 5.32. The van der Waals surface area contributed by atoms with E-state index in [1.54, 1.807) is 7.11 Å². The van der Waals surface area contributed by atoms with Gasteiger partial charge in [0.15, 0.2) is 5.78 Å². The number of aryl methyl sites for hydroxylation is 1.